The van der Waals surface area contributed by atoms with Crippen molar-refractivity contribution in [3.05, 3.63) is 47.7 Å². The molecule has 3 aromatic rings. The van der Waals surface area contributed by atoms with Gasteiger partial charge < -0.3 is 4.98 Å². The molecule has 0 saturated carbocycles. The van der Waals surface area contributed by atoms with Crippen molar-refractivity contribution in [3.63, 3.8) is 0 Å². The highest BCUT2D eigenvalue weighted by molar-refractivity contribution is 7.99. The molecular weight excluding hydrogens is 378 g/mol. The fraction of sp³-hybridized carbons (Fsp3) is 0.235. The SMILES string of the molecule is CCSc1cc(C(F)(F)F)ccc1-c1cc2ncc(C(F)(F)F)cc2[nH]1. The minimum atomic E-state index is -4.52. The molecule has 26 heavy (non-hydrogen) atoms. The van der Waals surface area contributed by atoms with Gasteiger partial charge in [0.1, 0.15) is 0 Å². The van der Waals surface area contributed by atoms with E-state index in [2.05, 4.69) is 9.97 Å². The Labute approximate surface area is 148 Å². The number of rotatable bonds is 3. The molecule has 0 aliphatic carbocycles. The zero-order chi connectivity index (χ0) is 19.1. The third-order valence-electron chi connectivity index (χ3n) is 3.70. The number of benzene rings is 1. The van der Waals surface area contributed by atoms with Crippen molar-refractivity contribution in [2.75, 3.05) is 5.75 Å². The van der Waals surface area contributed by atoms with E-state index in [0.717, 1.165) is 24.4 Å². The maximum absolute atomic E-state index is 12.9. The minimum Gasteiger partial charge on any atom is -0.353 e. The van der Waals surface area contributed by atoms with Crippen molar-refractivity contribution in [2.45, 2.75) is 24.2 Å². The van der Waals surface area contributed by atoms with Crippen LogP contribution in [-0.2, 0) is 12.4 Å². The standard InChI is InChI=1S/C17H12F6N2S/c1-2-26-15-6-9(16(18,19)20)3-4-11(15)12-7-13-14(25-12)5-10(8-24-13)17(21,22)23/h3-8,25H,2H2,1H3. The lowest BCUT2D eigenvalue weighted by Gasteiger charge is -2.12. The van der Waals surface area contributed by atoms with Crippen LogP contribution in [-0.4, -0.2) is 15.7 Å². The highest BCUT2D eigenvalue weighted by Gasteiger charge is 2.32. The van der Waals surface area contributed by atoms with Crippen LogP contribution in [0.15, 0.2) is 41.4 Å². The Morgan fingerprint density at radius 3 is 2.27 bits per heavy atom. The Kier molecular flexibility index (Phi) is 4.68. The van der Waals surface area contributed by atoms with E-state index < -0.39 is 23.5 Å². The smallest absolute Gasteiger partial charge is 0.353 e. The molecule has 0 aliphatic heterocycles. The minimum absolute atomic E-state index is 0.169. The number of nitrogens with one attached hydrogen (secondary N) is 1. The molecule has 0 unspecified atom stereocenters. The molecule has 1 N–H and O–H groups in total. The molecule has 0 spiro atoms. The van der Waals surface area contributed by atoms with Gasteiger partial charge in [0.2, 0.25) is 0 Å². The van der Waals surface area contributed by atoms with Gasteiger partial charge in [-0.3, -0.25) is 4.98 Å². The van der Waals surface area contributed by atoms with Gasteiger partial charge >= 0.3 is 12.4 Å². The highest BCUT2D eigenvalue weighted by atomic mass is 32.2. The topological polar surface area (TPSA) is 28.7 Å². The normalized spacial score (nSPS) is 12.7. The second kappa shape index (κ2) is 6.53. The first kappa shape index (κ1) is 18.6. The fourth-order valence-corrected chi connectivity index (χ4v) is 3.36. The van der Waals surface area contributed by atoms with Gasteiger partial charge in [-0.05, 0) is 30.0 Å². The number of hydrogen-bond acceptors (Lipinski definition) is 2. The quantitative estimate of drug-likeness (QED) is 0.415. The second-order valence-corrected chi connectivity index (χ2v) is 6.79. The third-order valence-corrected chi connectivity index (χ3v) is 4.63. The summed E-state index contributed by atoms with van der Waals surface area (Å²) in [6.07, 6.45) is -8.26. The molecule has 2 nitrogen and oxygen atoms in total. The summed E-state index contributed by atoms with van der Waals surface area (Å²) in [7, 11) is 0. The molecule has 2 aromatic heterocycles. The van der Waals surface area contributed by atoms with Crippen LogP contribution in [0.4, 0.5) is 26.3 Å². The van der Waals surface area contributed by atoms with Crippen LogP contribution in [0.3, 0.4) is 0 Å². The van der Waals surface area contributed by atoms with Crippen molar-refractivity contribution < 1.29 is 26.3 Å². The van der Waals surface area contributed by atoms with Gasteiger partial charge in [-0.2, -0.15) is 26.3 Å². The number of pyridine rings is 1. The molecular formula is C17H12F6N2S. The fourth-order valence-electron chi connectivity index (χ4n) is 2.50. The van der Waals surface area contributed by atoms with E-state index in [-0.39, 0.29) is 5.52 Å². The van der Waals surface area contributed by atoms with E-state index in [4.69, 9.17) is 0 Å². The highest BCUT2D eigenvalue weighted by Crippen LogP contribution is 2.38. The Balaban J connectivity index is 2.10. The van der Waals surface area contributed by atoms with E-state index >= 15 is 0 Å². The molecule has 0 radical (unpaired) electrons. The zero-order valence-corrected chi connectivity index (χ0v) is 14.1. The van der Waals surface area contributed by atoms with Gasteiger partial charge in [0.15, 0.2) is 0 Å². The number of nitrogens with zero attached hydrogens (tertiary/aromatic N) is 1. The lowest BCUT2D eigenvalue weighted by Crippen LogP contribution is -2.05. The molecule has 0 fully saturated rings. The molecule has 3 rings (SSSR count). The lowest BCUT2D eigenvalue weighted by atomic mass is 10.1. The largest absolute Gasteiger partial charge is 0.417 e. The lowest BCUT2D eigenvalue weighted by molar-refractivity contribution is -0.138. The number of hydrogen-bond donors (Lipinski definition) is 1. The number of alkyl halides is 6. The van der Waals surface area contributed by atoms with Crippen molar-refractivity contribution >= 4 is 22.8 Å². The van der Waals surface area contributed by atoms with Crippen molar-refractivity contribution in [3.8, 4) is 11.3 Å². The van der Waals surface area contributed by atoms with E-state index in [0.29, 0.717) is 27.4 Å². The molecule has 0 amide bonds. The molecule has 0 bridgehead atoms. The summed E-state index contributed by atoms with van der Waals surface area (Å²) < 4.78 is 77.2. The predicted octanol–water partition coefficient (Wildman–Crippen LogP) is 6.38. The van der Waals surface area contributed by atoms with Gasteiger partial charge in [-0.1, -0.05) is 13.0 Å². The van der Waals surface area contributed by atoms with Crippen LogP contribution in [0, 0.1) is 0 Å². The summed E-state index contributed by atoms with van der Waals surface area (Å²) in [5.74, 6) is 0.547. The van der Waals surface area contributed by atoms with Gasteiger partial charge in [-0.15, -0.1) is 11.8 Å². The number of H-pyrrole nitrogens is 1. The molecule has 0 aliphatic rings. The summed E-state index contributed by atoms with van der Waals surface area (Å²) >= 11 is 1.22. The van der Waals surface area contributed by atoms with Crippen LogP contribution in [0.25, 0.3) is 22.3 Å². The van der Waals surface area contributed by atoms with Crippen molar-refractivity contribution in [1.82, 2.24) is 9.97 Å². The summed E-state index contributed by atoms with van der Waals surface area (Å²) in [6.45, 7) is 1.80. The number of fused-ring (bicyclic) bond motifs is 1. The van der Waals surface area contributed by atoms with Gasteiger partial charge in [0, 0.05) is 22.3 Å². The maximum Gasteiger partial charge on any atom is 0.417 e. The van der Waals surface area contributed by atoms with E-state index in [9.17, 15) is 26.3 Å². The predicted molar refractivity (Wildman–Crippen MR) is 87.9 cm³/mol. The Hall–Kier alpha value is -2.16. The van der Waals surface area contributed by atoms with E-state index in [1.54, 1.807) is 6.92 Å². The van der Waals surface area contributed by atoms with Gasteiger partial charge in [0.05, 0.1) is 22.2 Å². The Morgan fingerprint density at radius 1 is 0.962 bits per heavy atom. The van der Waals surface area contributed by atoms with Crippen LogP contribution in [0.1, 0.15) is 18.1 Å². The maximum atomic E-state index is 12.9. The number of halogens is 6. The van der Waals surface area contributed by atoms with Crippen LogP contribution in [0.2, 0.25) is 0 Å². The Morgan fingerprint density at radius 2 is 1.65 bits per heavy atom. The first-order valence-corrected chi connectivity index (χ1v) is 8.48. The Bertz CT molecular complexity index is 943. The third kappa shape index (κ3) is 3.67. The van der Waals surface area contributed by atoms with E-state index in [1.807, 2.05) is 0 Å². The second-order valence-electron chi connectivity index (χ2n) is 5.48. The molecule has 1 aromatic carbocycles. The number of thioether (sulfide) groups is 1. The van der Waals surface area contributed by atoms with Crippen LogP contribution in [0.5, 0.6) is 0 Å². The monoisotopic (exact) mass is 390 g/mol. The van der Waals surface area contributed by atoms with Gasteiger partial charge in [-0.25, -0.2) is 0 Å². The van der Waals surface area contributed by atoms with Crippen molar-refractivity contribution in [2.24, 2.45) is 0 Å². The van der Waals surface area contributed by atoms with E-state index in [1.165, 1.54) is 23.9 Å². The number of aromatic nitrogens is 2. The summed E-state index contributed by atoms with van der Waals surface area (Å²) in [5, 5.41) is 0. The number of aromatic amines is 1. The first-order valence-electron chi connectivity index (χ1n) is 7.50. The summed E-state index contributed by atoms with van der Waals surface area (Å²) in [4.78, 5) is 7.01. The molecule has 138 valence electrons. The molecule has 0 atom stereocenters. The average molecular weight is 390 g/mol. The van der Waals surface area contributed by atoms with Crippen LogP contribution < -0.4 is 0 Å². The zero-order valence-electron chi connectivity index (χ0n) is 13.3. The average Bonchev–Trinajstić information content (AvgIpc) is 2.96. The van der Waals surface area contributed by atoms with Crippen molar-refractivity contribution in [1.29, 1.82) is 0 Å². The summed E-state index contributed by atoms with van der Waals surface area (Å²) in [5.41, 5.74) is -0.296. The molecule has 2 heterocycles. The van der Waals surface area contributed by atoms with Crippen LogP contribution >= 0.6 is 11.8 Å². The molecule has 9 heteroatoms. The van der Waals surface area contributed by atoms with Gasteiger partial charge in [0.25, 0.3) is 0 Å². The molecule has 0 saturated heterocycles. The first-order chi connectivity index (χ1) is 12.1. The summed E-state index contributed by atoms with van der Waals surface area (Å²) in [6, 6.07) is 5.77.